The first-order valence-corrected chi connectivity index (χ1v) is 6.57. The van der Waals surface area contributed by atoms with Crippen LogP contribution in [0.2, 0.25) is 0 Å². The molecule has 0 fully saturated rings. The van der Waals surface area contributed by atoms with E-state index in [1.807, 2.05) is 36.4 Å². The van der Waals surface area contributed by atoms with Crippen molar-refractivity contribution in [1.82, 2.24) is 9.97 Å². The van der Waals surface area contributed by atoms with Gasteiger partial charge < -0.3 is 19.6 Å². The number of hydrogen-bond acceptors (Lipinski definition) is 4. The van der Waals surface area contributed by atoms with Crippen molar-refractivity contribution in [2.75, 3.05) is 14.2 Å². The molecule has 1 heterocycles. The van der Waals surface area contributed by atoms with Gasteiger partial charge in [0.15, 0.2) is 11.5 Å². The molecule has 2 N–H and O–H groups in total. The maximum absolute atomic E-state index is 10.4. The molecule has 108 valence electrons. The summed E-state index contributed by atoms with van der Waals surface area (Å²) in [5, 5.41) is 10.4. The molecule has 0 aliphatic carbocycles. The number of ether oxygens (including phenoxy) is 2. The number of rotatable bonds is 4. The quantitative estimate of drug-likeness (QED) is 0.773. The molecular formula is C16H16N2O3. The number of aromatic nitrogens is 2. The molecule has 1 unspecified atom stereocenters. The maximum Gasteiger partial charge on any atom is 0.163 e. The Morgan fingerprint density at radius 1 is 1.05 bits per heavy atom. The van der Waals surface area contributed by atoms with E-state index in [0.29, 0.717) is 17.3 Å². The van der Waals surface area contributed by atoms with Crippen LogP contribution in [-0.2, 0) is 0 Å². The fraction of sp³-hybridized carbons (Fsp3) is 0.188. The minimum Gasteiger partial charge on any atom is -0.493 e. The van der Waals surface area contributed by atoms with Gasteiger partial charge in [-0.1, -0.05) is 30.3 Å². The summed E-state index contributed by atoms with van der Waals surface area (Å²) in [5.74, 6) is 1.72. The molecule has 0 radical (unpaired) electrons. The van der Waals surface area contributed by atoms with Gasteiger partial charge in [0.25, 0.3) is 0 Å². The van der Waals surface area contributed by atoms with E-state index in [2.05, 4.69) is 9.97 Å². The summed E-state index contributed by atoms with van der Waals surface area (Å²) in [5.41, 5.74) is 2.30. The first-order valence-electron chi connectivity index (χ1n) is 6.57. The van der Waals surface area contributed by atoms with E-state index in [0.717, 1.165) is 16.6 Å². The molecule has 3 rings (SSSR count). The number of methoxy groups -OCH3 is 2. The van der Waals surface area contributed by atoms with E-state index < -0.39 is 6.10 Å². The van der Waals surface area contributed by atoms with E-state index in [9.17, 15) is 5.11 Å². The number of fused-ring (bicyclic) bond motifs is 1. The molecule has 0 aliphatic rings. The molecule has 0 bridgehead atoms. The molecule has 5 heteroatoms. The van der Waals surface area contributed by atoms with Crippen LogP contribution >= 0.6 is 0 Å². The fourth-order valence-electron chi connectivity index (χ4n) is 2.28. The van der Waals surface area contributed by atoms with Crippen LogP contribution in [0.1, 0.15) is 17.5 Å². The second kappa shape index (κ2) is 5.46. The average molecular weight is 284 g/mol. The van der Waals surface area contributed by atoms with Gasteiger partial charge in [0, 0.05) is 12.1 Å². The van der Waals surface area contributed by atoms with E-state index in [-0.39, 0.29) is 0 Å². The number of benzene rings is 2. The zero-order valence-corrected chi connectivity index (χ0v) is 11.8. The number of imidazole rings is 1. The highest BCUT2D eigenvalue weighted by Crippen LogP contribution is 2.32. The third-order valence-corrected chi connectivity index (χ3v) is 3.38. The van der Waals surface area contributed by atoms with Crippen molar-refractivity contribution >= 4 is 11.0 Å². The highest BCUT2D eigenvalue weighted by atomic mass is 16.5. The lowest BCUT2D eigenvalue weighted by molar-refractivity contribution is 0.211. The highest BCUT2D eigenvalue weighted by Gasteiger charge is 2.16. The normalized spacial score (nSPS) is 12.3. The molecule has 0 aliphatic heterocycles. The number of aromatic amines is 1. The number of aliphatic hydroxyl groups excluding tert-OH is 1. The lowest BCUT2D eigenvalue weighted by Gasteiger charge is -2.06. The molecule has 0 saturated carbocycles. The molecule has 0 amide bonds. The molecule has 5 nitrogen and oxygen atoms in total. The van der Waals surface area contributed by atoms with Crippen molar-refractivity contribution in [3.63, 3.8) is 0 Å². The monoisotopic (exact) mass is 284 g/mol. The summed E-state index contributed by atoms with van der Waals surface area (Å²) in [6.45, 7) is 0. The lowest BCUT2D eigenvalue weighted by atomic mass is 10.1. The Labute approximate surface area is 122 Å². The summed E-state index contributed by atoms with van der Waals surface area (Å²) in [6.07, 6.45) is -0.796. The minimum absolute atomic E-state index is 0.492. The van der Waals surface area contributed by atoms with Gasteiger partial charge in [0.05, 0.1) is 25.3 Å². The minimum atomic E-state index is -0.796. The third-order valence-electron chi connectivity index (χ3n) is 3.38. The second-order valence-corrected chi connectivity index (χ2v) is 4.66. The predicted octanol–water partition coefficient (Wildman–Crippen LogP) is 2.66. The van der Waals surface area contributed by atoms with Crippen molar-refractivity contribution in [2.45, 2.75) is 6.10 Å². The van der Waals surface area contributed by atoms with Crippen molar-refractivity contribution in [3.05, 3.63) is 53.9 Å². The topological polar surface area (TPSA) is 67.4 Å². The van der Waals surface area contributed by atoms with Crippen LogP contribution in [0, 0.1) is 0 Å². The van der Waals surface area contributed by atoms with Crippen LogP contribution in [0.25, 0.3) is 11.0 Å². The Morgan fingerprint density at radius 3 is 2.38 bits per heavy atom. The van der Waals surface area contributed by atoms with Crippen LogP contribution in [0.5, 0.6) is 11.5 Å². The number of nitrogens with zero attached hydrogens (tertiary/aromatic N) is 1. The zero-order chi connectivity index (χ0) is 14.8. The van der Waals surface area contributed by atoms with Gasteiger partial charge in [0.2, 0.25) is 0 Å². The van der Waals surface area contributed by atoms with Crippen LogP contribution in [-0.4, -0.2) is 29.3 Å². The van der Waals surface area contributed by atoms with Crippen LogP contribution in [0.4, 0.5) is 0 Å². The Kier molecular flexibility index (Phi) is 3.50. The number of aliphatic hydroxyl groups is 1. The van der Waals surface area contributed by atoms with Gasteiger partial charge in [0.1, 0.15) is 11.9 Å². The van der Waals surface area contributed by atoms with Crippen molar-refractivity contribution < 1.29 is 14.6 Å². The Morgan fingerprint density at radius 2 is 1.71 bits per heavy atom. The standard InChI is InChI=1S/C16H16N2O3/c1-20-13-8-11-12(9-14(13)21-2)18-16(17-11)15(19)10-6-4-3-5-7-10/h3-9,15,19H,1-2H3,(H,17,18). The summed E-state index contributed by atoms with van der Waals surface area (Å²) in [7, 11) is 3.16. The summed E-state index contributed by atoms with van der Waals surface area (Å²) >= 11 is 0. The smallest absolute Gasteiger partial charge is 0.163 e. The van der Waals surface area contributed by atoms with E-state index in [1.165, 1.54) is 0 Å². The van der Waals surface area contributed by atoms with Crippen LogP contribution in [0.15, 0.2) is 42.5 Å². The first kappa shape index (κ1) is 13.5. The molecular weight excluding hydrogens is 268 g/mol. The van der Waals surface area contributed by atoms with E-state index in [1.54, 1.807) is 20.3 Å². The second-order valence-electron chi connectivity index (χ2n) is 4.66. The van der Waals surface area contributed by atoms with Crippen LogP contribution in [0.3, 0.4) is 0 Å². The van der Waals surface area contributed by atoms with Gasteiger partial charge in [-0.2, -0.15) is 0 Å². The lowest BCUT2D eigenvalue weighted by Crippen LogP contribution is -2.01. The molecule has 3 aromatic rings. The molecule has 1 atom stereocenters. The number of nitrogens with one attached hydrogen (secondary N) is 1. The molecule has 2 aromatic carbocycles. The van der Waals surface area contributed by atoms with Crippen molar-refractivity contribution in [3.8, 4) is 11.5 Å². The SMILES string of the molecule is COc1cc2nc(C(O)c3ccccc3)[nH]c2cc1OC. The molecule has 1 aromatic heterocycles. The predicted molar refractivity (Wildman–Crippen MR) is 79.7 cm³/mol. The first-order chi connectivity index (χ1) is 10.2. The number of H-pyrrole nitrogens is 1. The Bertz CT molecular complexity index is 712. The largest absolute Gasteiger partial charge is 0.493 e. The Balaban J connectivity index is 2.05. The van der Waals surface area contributed by atoms with E-state index >= 15 is 0 Å². The van der Waals surface area contributed by atoms with Gasteiger partial charge in [-0.15, -0.1) is 0 Å². The fourth-order valence-corrected chi connectivity index (χ4v) is 2.28. The zero-order valence-electron chi connectivity index (χ0n) is 11.8. The molecule has 0 saturated heterocycles. The van der Waals surface area contributed by atoms with Crippen molar-refractivity contribution in [1.29, 1.82) is 0 Å². The van der Waals surface area contributed by atoms with Crippen molar-refractivity contribution in [2.24, 2.45) is 0 Å². The van der Waals surface area contributed by atoms with Gasteiger partial charge in [-0.3, -0.25) is 0 Å². The Hall–Kier alpha value is -2.53. The highest BCUT2D eigenvalue weighted by molar-refractivity contribution is 5.80. The molecule has 0 spiro atoms. The van der Waals surface area contributed by atoms with E-state index in [4.69, 9.17) is 9.47 Å². The van der Waals surface area contributed by atoms with Gasteiger partial charge in [-0.05, 0) is 5.56 Å². The van der Waals surface area contributed by atoms with Gasteiger partial charge in [-0.25, -0.2) is 4.98 Å². The van der Waals surface area contributed by atoms with Crippen LogP contribution < -0.4 is 9.47 Å². The number of hydrogen-bond donors (Lipinski definition) is 2. The summed E-state index contributed by atoms with van der Waals surface area (Å²) in [4.78, 5) is 7.56. The maximum atomic E-state index is 10.4. The summed E-state index contributed by atoms with van der Waals surface area (Å²) in [6, 6.07) is 13.0. The summed E-state index contributed by atoms with van der Waals surface area (Å²) < 4.78 is 10.5. The van der Waals surface area contributed by atoms with Gasteiger partial charge >= 0.3 is 0 Å². The molecule has 21 heavy (non-hydrogen) atoms. The third kappa shape index (κ3) is 2.43. The average Bonchev–Trinajstić information content (AvgIpc) is 2.96.